The Hall–Kier alpha value is -3.07. The highest BCUT2D eigenvalue weighted by Gasteiger charge is 2.27. The third kappa shape index (κ3) is 4.36. The number of benzene rings is 1. The van der Waals surface area contributed by atoms with E-state index in [0.29, 0.717) is 17.2 Å². The number of nitrogens with zero attached hydrogens (tertiary/aromatic N) is 4. The highest BCUT2D eigenvalue weighted by molar-refractivity contribution is 7.17. The molecule has 0 spiro atoms. The van der Waals surface area contributed by atoms with E-state index in [-0.39, 0.29) is 11.8 Å². The summed E-state index contributed by atoms with van der Waals surface area (Å²) >= 11 is 1.58. The summed E-state index contributed by atoms with van der Waals surface area (Å²) < 4.78 is 12.7. The summed E-state index contributed by atoms with van der Waals surface area (Å²) in [5.74, 6) is 1.23. The number of hydrogen-bond donors (Lipinski definition) is 1. The number of methoxy groups -OCH3 is 2. The van der Waals surface area contributed by atoms with Crippen molar-refractivity contribution in [2.24, 2.45) is 5.92 Å². The van der Waals surface area contributed by atoms with Crippen LogP contribution in [0.15, 0.2) is 30.3 Å². The molecule has 31 heavy (non-hydrogen) atoms. The van der Waals surface area contributed by atoms with E-state index >= 15 is 0 Å². The zero-order valence-corrected chi connectivity index (χ0v) is 19.0. The molecule has 0 aliphatic carbocycles. The van der Waals surface area contributed by atoms with Crippen molar-refractivity contribution in [2.45, 2.75) is 26.7 Å². The van der Waals surface area contributed by atoms with Crippen LogP contribution in [0, 0.1) is 19.8 Å². The average Bonchev–Trinajstić information content (AvgIpc) is 3.39. The summed E-state index contributed by atoms with van der Waals surface area (Å²) in [5, 5.41) is 13.6. The number of hydrogen-bond acceptors (Lipinski definition) is 7. The van der Waals surface area contributed by atoms with Gasteiger partial charge in [0, 0.05) is 36.5 Å². The van der Waals surface area contributed by atoms with Crippen LogP contribution in [0.5, 0.6) is 11.5 Å². The minimum Gasteiger partial charge on any atom is -0.497 e. The molecular weight excluding hydrogens is 414 g/mol. The SMILES string of the molecule is COc1ccc(OC)c(NC(=O)C2CCN(c3nnc(-n4c(C)ccc4C)s3)CC2)c1. The normalized spacial score (nSPS) is 14.5. The summed E-state index contributed by atoms with van der Waals surface area (Å²) in [5.41, 5.74) is 2.91. The zero-order chi connectivity index (χ0) is 22.0. The summed E-state index contributed by atoms with van der Waals surface area (Å²) in [4.78, 5) is 15.1. The number of amides is 1. The fourth-order valence-electron chi connectivity index (χ4n) is 3.88. The van der Waals surface area contributed by atoms with E-state index in [4.69, 9.17) is 9.47 Å². The predicted octanol–water partition coefficient (Wildman–Crippen LogP) is 3.82. The van der Waals surface area contributed by atoms with Crippen LogP contribution < -0.4 is 19.7 Å². The van der Waals surface area contributed by atoms with Crippen molar-refractivity contribution in [1.29, 1.82) is 0 Å². The molecule has 164 valence electrons. The predicted molar refractivity (Wildman–Crippen MR) is 122 cm³/mol. The van der Waals surface area contributed by atoms with E-state index in [9.17, 15) is 4.79 Å². The molecule has 0 unspecified atom stereocenters. The van der Waals surface area contributed by atoms with E-state index in [1.807, 2.05) is 0 Å². The Morgan fingerprint density at radius 3 is 2.35 bits per heavy atom. The van der Waals surface area contributed by atoms with Crippen molar-refractivity contribution in [2.75, 3.05) is 37.5 Å². The number of aromatic nitrogens is 3. The van der Waals surface area contributed by atoms with E-state index in [1.165, 1.54) is 0 Å². The first-order chi connectivity index (χ1) is 15.0. The van der Waals surface area contributed by atoms with Gasteiger partial charge in [0.15, 0.2) is 0 Å². The van der Waals surface area contributed by atoms with Crippen LogP contribution in [0.2, 0.25) is 0 Å². The Morgan fingerprint density at radius 1 is 1.03 bits per heavy atom. The lowest BCUT2D eigenvalue weighted by Gasteiger charge is -2.30. The number of anilines is 2. The third-order valence-electron chi connectivity index (χ3n) is 5.67. The van der Waals surface area contributed by atoms with Gasteiger partial charge in [0.1, 0.15) is 11.5 Å². The van der Waals surface area contributed by atoms with Gasteiger partial charge in [-0.2, -0.15) is 0 Å². The van der Waals surface area contributed by atoms with Gasteiger partial charge in [0.05, 0.1) is 19.9 Å². The van der Waals surface area contributed by atoms with Gasteiger partial charge >= 0.3 is 0 Å². The Bertz CT molecular complexity index is 1050. The topological polar surface area (TPSA) is 81.5 Å². The van der Waals surface area contributed by atoms with Gasteiger partial charge in [0.2, 0.25) is 16.2 Å². The molecule has 0 bridgehead atoms. The van der Waals surface area contributed by atoms with Crippen LogP contribution in [-0.2, 0) is 4.79 Å². The Kier molecular flexibility index (Phi) is 6.13. The summed E-state index contributed by atoms with van der Waals surface area (Å²) in [6.45, 7) is 5.67. The molecule has 1 aliphatic heterocycles. The molecule has 9 heteroatoms. The van der Waals surface area contributed by atoms with Gasteiger partial charge in [-0.1, -0.05) is 11.3 Å². The second-order valence-electron chi connectivity index (χ2n) is 7.64. The minimum atomic E-state index is -0.0616. The van der Waals surface area contributed by atoms with Gasteiger partial charge in [-0.25, -0.2) is 0 Å². The van der Waals surface area contributed by atoms with Gasteiger partial charge in [0.25, 0.3) is 0 Å². The molecule has 0 atom stereocenters. The van der Waals surface area contributed by atoms with E-state index in [0.717, 1.165) is 47.6 Å². The number of nitrogens with one attached hydrogen (secondary N) is 1. The van der Waals surface area contributed by atoms with Crippen molar-refractivity contribution in [1.82, 2.24) is 14.8 Å². The van der Waals surface area contributed by atoms with Gasteiger partial charge in [-0.05, 0) is 51.0 Å². The van der Waals surface area contributed by atoms with Crippen molar-refractivity contribution in [3.8, 4) is 16.6 Å². The first kappa shape index (κ1) is 21.2. The van der Waals surface area contributed by atoms with E-state index in [2.05, 4.69) is 51.0 Å². The Labute approximate surface area is 185 Å². The van der Waals surface area contributed by atoms with Crippen LogP contribution in [0.4, 0.5) is 10.8 Å². The highest BCUT2D eigenvalue weighted by atomic mass is 32.1. The molecular formula is C22H27N5O3S. The fourth-order valence-corrected chi connectivity index (χ4v) is 4.89. The lowest BCUT2D eigenvalue weighted by molar-refractivity contribution is -0.120. The molecule has 4 rings (SSSR count). The maximum Gasteiger partial charge on any atom is 0.227 e. The monoisotopic (exact) mass is 441 g/mol. The maximum absolute atomic E-state index is 12.9. The van der Waals surface area contributed by atoms with Crippen LogP contribution in [0.1, 0.15) is 24.2 Å². The smallest absolute Gasteiger partial charge is 0.227 e. The van der Waals surface area contributed by atoms with Crippen molar-refractivity contribution in [3.05, 3.63) is 41.7 Å². The Morgan fingerprint density at radius 2 is 1.71 bits per heavy atom. The minimum absolute atomic E-state index is 0.00254. The lowest BCUT2D eigenvalue weighted by atomic mass is 9.96. The van der Waals surface area contributed by atoms with Gasteiger partial charge in [-0.15, -0.1) is 10.2 Å². The molecule has 0 saturated carbocycles. The molecule has 0 radical (unpaired) electrons. The maximum atomic E-state index is 12.9. The molecule has 1 amide bonds. The zero-order valence-electron chi connectivity index (χ0n) is 18.2. The largest absolute Gasteiger partial charge is 0.497 e. The summed E-state index contributed by atoms with van der Waals surface area (Å²) in [6, 6.07) is 9.54. The van der Waals surface area contributed by atoms with Crippen molar-refractivity contribution < 1.29 is 14.3 Å². The second-order valence-corrected chi connectivity index (χ2v) is 8.57. The van der Waals surface area contributed by atoms with Crippen molar-refractivity contribution in [3.63, 3.8) is 0 Å². The first-order valence-corrected chi connectivity index (χ1v) is 11.1. The molecule has 3 heterocycles. The molecule has 2 aromatic heterocycles. The number of ether oxygens (including phenoxy) is 2. The number of aryl methyl sites for hydroxylation is 2. The molecule has 1 aliphatic rings. The molecule has 3 aromatic rings. The van der Waals surface area contributed by atoms with E-state index < -0.39 is 0 Å². The van der Waals surface area contributed by atoms with Crippen LogP contribution in [0.25, 0.3) is 5.13 Å². The highest BCUT2D eigenvalue weighted by Crippen LogP contribution is 2.32. The van der Waals surface area contributed by atoms with Gasteiger partial charge < -0.3 is 19.7 Å². The average molecular weight is 442 g/mol. The molecule has 1 saturated heterocycles. The summed E-state index contributed by atoms with van der Waals surface area (Å²) in [7, 11) is 3.18. The van der Waals surface area contributed by atoms with Crippen LogP contribution >= 0.6 is 11.3 Å². The van der Waals surface area contributed by atoms with Crippen LogP contribution in [0.3, 0.4) is 0 Å². The lowest BCUT2D eigenvalue weighted by Crippen LogP contribution is -2.38. The molecule has 1 aromatic carbocycles. The van der Waals surface area contributed by atoms with E-state index in [1.54, 1.807) is 43.8 Å². The van der Waals surface area contributed by atoms with Crippen molar-refractivity contribution >= 4 is 28.1 Å². The quantitative estimate of drug-likeness (QED) is 0.626. The first-order valence-electron chi connectivity index (χ1n) is 10.3. The number of carbonyl (C=O) groups excluding carboxylic acids is 1. The second kappa shape index (κ2) is 8.97. The molecule has 8 nitrogen and oxygen atoms in total. The van der Waals surface area contributed by atoms with Crippen LogP contribution in [-0.4, -0.2) is 48.0 Å². The summed E-state index contributed by atoms with van der Waals surface area (Å²) in [6.07, 6.45) is 1.52. The Balaban J connectivity index is 1.39. The third-order valence-corrected chi connectivity index (χ3v) is 6.64. The fraction of sp³-hybridized carbons (Fsp3) is 0.409. The number of piperidine rings is 1. The standard InChI is InChI=1S/C22H27N5O3S/c1-14-5-6-15(2)27(14)22-25-24-21(31-22)26-11-9-16(10-12-26)20(28)23-18-13-17(29-3)7-8-19(18)30-4/h5-8,13,16H,9-12H2,1-4H3,(H,23,28). The van der Waals surface area contributed by atoms with Gasteiger partial charge in [-0.3, -0.25) is 9.36 Å². The number of rotatable bonds is 6. The number of carbonyl (C=O) groups is 1. The molecule has 1 N–H and O–H groups in total. The molecule has 1 fully saturated rings.